The lowest BCUT2D eigenvalue weighted by Gasteiger charge is -2.17. The molecule has 0 aliphatic carbocycles. The normalized spacial score (nSPS) is 10.8. The van der Waals surface area contributed by atoms with E-state index >= 15 is 0 Å². The van der Waals surface area contributed by atoms with Crippen molar-refractivity contribution in [1.82, 2.24) is 9.97 Å². The third-order valence-electron chi connectivity index (χ3n) is 5.90. The molecule has 4 aromatic carbocycles. The molecule has 7 heteroatoms. The van der Waals surface area contributed by atoms with Gasteiger partial charge < -0.3 is 15.2 Å². The summed E-state index contributed by atoms with van der Waals surface area (Å²) in [7, 11) is 1.60. The number of carboxylic acid groups (broad SMARTS) is 1. The molecule has 2 N–H and O–H groups in total. The average Bonchev–Trinajstić information content (AvgIpc) is 2.91. The fourth-order valence-electron chi connectivity index (χ4n) is 4.14. The van der Waals surface area contributed by atoms with Gasteiger partial charge in [-0.05, 0) is 52.6 Å². The maximum absolute atomic E-state index is 11.4. The summed E-state index contributed by atoms with van der Waals surface area (Å²) in [5.74, 6) is 0.0672. The van der Waals surface area contributed by atoms with Crippen LogP contribution in [0.15, 0.2) is 91.1 Å². The quantitative estimate of drug-likeness (QED) is 0.254. The molecule has 178 valence electrons. The molecular weight excluding hydrogens is 474 g/mol. The van der Waals surface area contributed by atoms with Crippen LogP contribution in [0, 0.1) is 0 Å². The molecule has 1 heterocycles. The van der Waals surface area contributed by atoms with Crippen molar-refractivity contribution >= 4 is 34.4 Å². The van der Waals surface area contributed by atoms with Crippen LogP contribution in [0.25, 0.3) is 33.2 Å². The number of nitrogens with one attached hydrogen (secondary N) is 1. The summed E-state index contributed by atoms with van der Waals surface area (Å²) < 4.78 is 5.86. The lowest BCUT2D eigenvalue weighted by molar-refractivity contribution is 0.0697. The Morgan fingerprint density at radius 3 is 2.42 bits per heavy atom. The molecule has 0 aliphatic heterocycles. The number of carboxylic acids is 1. The minimum atomic E-state index is -0.978. The van der Waals surface area contributed by atoms with Crippen molar-refractivity contribution < 1.29 is 14.6 Å². The number of ether oxygens (including phenoxy) is 1. The number of nitrogens with zero attached hydrogens (tertiary/aromatic N) is 2. The first-order chi connectivity index (χ1) is 17.5. The standard InChI is InChI=1S/C29H22ClN3O3/c1-36-27-24(19-10-12-20(13-11-19)28(34)35)15-23(21-8-5-9-22(30)14-21)25-17-32-29(33-26(25)27)31-16-18-6-3-2-4-7-18/h2-15,17H,16H2,1H3,(H,34,35)(H,31,32,33). The maximum atomic E-state index is 11.4. The second-order valence-corrected chi connectivity index (χ2v) is 8.63. The van der Waals surface area contributed by atoms with Gasteiger partial charge in [-0.3, -0.25) is 0 Å². The number of carbonyl (C=O) groups is 1. The van der Waals surface area contributed by atoms with Crippen molar-refractivity contribution in [2.45, 2.75) is 6.54 Å². The van der Waals surface area contributed by atoms with Crippen molar-refractivity contribution in [1.29, 1.82) is 0 Å². The summed E-state index contributed by atoms with van der Waals surface area (Å²) >= 11 is 6.31. The monoisotopic (exact) mass is 495 g/mol. The Balaban J connectivity index is 1.68. The highest BCUT2D eigenvalue weighted by Gasteiger charge is 2.18. The summed E-state index contributed by atoms with van der Waals surface area (Å²) in [4.78, 5) is 20.7. The van der Waals surface area contributed by atoms with Crippen LogP contribution in [0.5, 0.6) is 5.75 Å². The summed E-state index contributed by atoms with van der Waals surface area (Å²) in [6, 6.07) is 26.3. The molecule has 0 spiro atoms. The first kappa shape index (κ1) is 23.3. The fourth-order valence-corrected chi connectivity index (χ4v) is 4.33. The predicted octanol–water partition coefficient (Wildman–Crippen LogP) is 6.94. The maximum Gasteiger partial charge on any atom is 0.335 e. The fraction of sp³-hybridized carbons (Fsp3) is 0.0690. The van der Waals surface area contributed by atoms with E-state index in [1.54, 1.807) is 37.6 Å². The average molecular weight is 496 g/mol. The van der Waals surface area contributed by atoms with Crippen LogP contribution in [0.1, 0.15) is 15.9 Å². The highest BCUT2D eigenvalue weighted by Crippen LogP contribution is 2.42. The highest BCUT2D eigenvalue weighted by molar-refractivity contribution is 6.31. The third-order valence-corrected chi connectivity index (χ3v) is 6.14. The molecule has 0 radical (unpaired) electrons. The van der Waals surface area contributed by atoms with E-state index in [9.17, 15) is 9.90 Å². The molecule has 0 saturated heterocycles. The minimum absolute atomic E-state index is 0.211. The number of hydrogen-bond acceptors (Lipinski definition) is 5. The Labute approximate surface area is 213 Å². The van der Waals surface area contributed by atoms with Crippen molar-refractivity contribution in [2.24, 2.45) is 0 Å². The largest absolute Gasteiger partial charge is 0.494 e. The Kier molecular flexibility index (Phi) is 6.52. The number of benzene rings is 4. The molecule has 36 heavy (non-hydrogen) atoms. The van der Waals surface area contributed by atoms with Crippen LogP contribution >= 0.6 is 11.6 Å². The molecular formula is C29H22ClN3O3. The Morgan fingerprint density at radius 2 is 1.72 bits per heavy atom. The SMILES string of the molecule is COc1c(-c2ccc(C(=O)O)cc2)cc(-c2cccc(Cl)c2)c2cnc(NCc3ccccc3)nc12. The lowest BCUT2D eigenvalue weighted by Crippen LogP contribution is -2.04. The van der Waals surface area contributed by atoms with Gasteiger partial charge in [0.05, 0.1) is 12.7 Å². The molecule has 0 aliphatic rings. The van der Waals surface area contributed by atoms with Crippen LogP contribution in [0.4, 0.5) is 5.95 Å². The van der Waals surface area contributed by atoms with Gasteiger partial charge in [0.15, 0.2) is 5.75 Å². The summed E-state index contributed by atoms with van der Waals surface area (Å²) in [5.41, 5.74) is 5.35. The minimum Gasteiger partial charge on any atom is -0.494 e. The summed E-state index contributed by atoms with van der Waals surface area (Å²) in [6.45, 7) is 0.576. The van der Waals surface area contributed by atoms with E-state index in [0.29, 0.717) is 28.8 Å². The number of aromatic nitrogens is 2. The van der Waals surface area contributed by atoms with Gasteiger partial charge in [-0.2, -0.15) is 0 Å². The smallest absolute Gasteiger partial charge is 0.335 e. The van der Waals surface area contributed by atoms with Gasteiger partial charge in [-0.1, -0.05) is 66.2 Å². The topological polar surface area (TPSA) is 84.3 Å². The molecule has 1 aromatic heterocycles. The van der Waals surface area contributed by atoms with E-state index in [-0.39, 0.29) is 5.56 Å². The van der Waals surface area contributed by atoms with Crippen molar-refractivity contribution in [3.8, 4) is 28.0 Å². The molecule has 5 aromatic rings. The Bertz CT molecular complexity index is 1550. The number of rotatable bonds is 7. The first-order valence-electron chi connectivity index (χ1n) is 11.3. The van der Waals surface area contributed by atoms with Crippen molar-refractivity contribution in [2.75, 3.05) is 12.4 Å². The zero-order valence-corrected chi connectivity index (χ0v) is 20.2. The van der Waals surface area contributed by atoms with E-state index in [1.807, 2.05) is 60.7 Å². The van der Waals surface area contributed by atoms with E-state index in [2.05, 4.69) is 10.3 Å². The number of halogens is 1. The molecule has 0 bridgehead atoms. The van der Waals surface area contributed by atoms with Gasteiger partial charge >= 0.3 is 5.97 Å². The van der Waals surface area contributed by atoms with Gasteiger partial charge in [0.2, 0.25) is 5.95 Å². The van der Waals surface area contributed by atoms with Crippen LogP contribution in [0.3, 0.4) is 0 Å². The van der Waals surface area contributed by atoms with E-state index in [1.165, 1.54) is 0 Å². The van der Waals surface area contributed by atoms with E-state index in [0.717, 1.165) is 33.2 Å². The van der Waals surface area contributed by atoms with Crippen molar-refractivity contribution in [3.05, 3.63) is 107 Å². The Hall–Kier alpha value is -4.42. The van der Waals surface area contributed by atoms with Crippen LogP contribution in [-0.4, -0.2) is 28.2 Å². The molecule has 6 nitrogen and oxygen atoms in total. The molecule has 0 atom stereocenters. The number of hydrogen-bond donors (Lipinski definition) is 2. The molecule has 0 fully saturated rings. The number of methoxy groups -OCH3 is 1. The van der Waals surface area contributed by atoms with Gasteiger partial charge in [-0.15, -0.1) is 0 Å². The van der Waals surface area contributed by atoms with Gasteiger partial charge in [-0.25, -0.2) is 14.8 Å². The number of fused-ring (bicyclic) bond motifs is 1. The summed E-state index contributed by atoms with van der Waals surface area (Å²) in [6.07, 6.45) is 1.78. The Morgan fingerprint density at radius 1 is 0.944 bits per heavy atom. The lowest BCUT2D eigenvalue weighted by atomic mass is 9.94. The van der Waals surface area contributed by atoms with Crippen LogP contribution < -0.4 is 10.1 Å². The third kappa shape index (κ3) is 4.72. The molecule has 0 unspecified atom stereocenters. The summed E-state index contributed by atoms with van der Waals surface area (Å²) in [5, 5.41) is 14.0. The van der Waals surface area contributed by atoms with Crippen molar-refractivity contribution in [3.63, 3.8) is 0 Å². The van der Waals surface area contributed by atoms with Crippen LogP contribution in [-0.2, 0) is 6.54 Å². The van der Waals surface area contributed by atoms with Crippen LogP contribution in [0.2, 0.25) is 5.02 Å². The number of anilines is 1. The van der Waals surface area contributed by atoms with Gasteiger partial charge in [0.25, 0.3) is 0 Å². The highest BCUT2D eigenvalue weighted by atomic mass is 35.5. The molecule has 5 rings (SSSR count). The second-order valence-electron chi connectivity index (χ2n) is 8.19. The molecule has 0 amide bonds. The molecule has 0 saturated carbocycles. The zero-order valence-electron chi connectivity index (χ0n) is 19.4. The van der Waals surface area contributed by atoms with Gasteiger partial charge in [0.1, 0.15) is 5.52 Å². The zero-order chi connectivity index (χ0) is 25.1. The number of aromatic carboxylic acids is 1. The van der Waals surface area contributed by atoms with E-state index in [4.69, 9.17) is 21.3 Å². The predicted molar refractivity (Wildman–Crippen MR) is 143 cm³/mol. The first-order valence-corrected chi connectivity index (χ1v) is 11.7. The van der Waals surface area contributed by atoms with E-state index < -0.39 is 5.97 Å². The second kappa shape index (κ2) is 10.1. The van der Waals surface area contributed by atoms with Gasteiger partial charge in [0, 0.05) is 28.7 Å².